The van der Waals surface area contributed by atoms with Gasteiger partial charge in [0.1, 0.15) is 0 Å². The highest BCUT2D eigenvalue weighted by Crippen LogP contribution is 2.31. The van der Waals surface area contributed by atoms with Gasteiger partial charge in [-0.25, -0.2) is 0 Å². The van der Waals surface area contributed by atoms with Gasteiger partial charge in [0, 0.05) is 19.0 Å². The normalized spacial score (nSPS) is 15.2. The Kier molecular flexibility index (Phi) is 5.40. The molecule has 1 aliphatic rings. The van der Waals surface area contributed by atoms with Gasteiger partial charge in [-0.05, 0) is 37.3 Å². The number of hydrogen-bond donors (Lipinski definition) is 0. The first-order valence-electron chi connectivity index (χ1n) is 7.73. The van der Waals surface area contributed by atoms with Crippen LogP contribution in [0.4, 0.5) is 0 Å². The summed E-state index contributed by atoms with van der Waals surface area (Å²) in [5.74, 6) is 0.674. The lowest BCUT2D eigenvalue weighted by atomic mass is 10.1. The number of unbranched alkanes of at least 4 members (excludes halogenated alkanes) is 1. The first kappa shape index (κ1) is 14.8. The van der Waals surface area contributed by atoms with E-state index in [0.29, 0.717) is 11.8 Å². The average molecular weight is 271 g/mol. The van der Waals surface area contributed by atoms with Crippen molar-refractivity contribution in [1.82, 2.24) is 4.90 Å². The molecular formula is C18H25NO. The summed E-state index contributed by atoms with van der Waals surface area (Å²) in [4.78, 5) is 14.3. The Morgan fingerprint density at radius 2 is 2.00 bits per heavy atom. The van der Waals surface area contributed by atoms with E-state index in [4.69, 9.17) is 0 Å². The predicted octanol–water partition coefficient (Wildman–Crippen LogP) is 4.13. The molecule has 0 N–H and O–H groups in total. The number of hydrogen-bond acceptors (Lipinski definition) is 1. The topological polar surface area (TPSA) is 20.3 Å². The first-order valence-corrected chi connectivity index (χ1v) is 7.73. The minimum atomic E-state index is 0.317. The van der Waals surface area contributed by atoms with Crippen molar-refractivity contribution in [3.63, 3.8) is 0 Å². The van der Waals surface area contributed by atoms with E-state index >= 15 is 0 Å². The van der Waals surface area contributed by atoms with E-state index in [1.807, 2.05) is 11.0 Å². The number of amides is 1. The predicted molar refractivity (Wildman–Crippen MR) is 84.3 cm³/mol. The highest BCUT2D eigenvalue weighted by molar-refractivity contribution is 5.81. The first-order chi connectivity index (χ1) is 9.72. The zero-order valence-corrected chi connectivity index (χ0v) is 12.6. The molecule has 1 fully saturated rings. The molecular weight excluding hydrogens is 246 g/mol. The van der Waals surface area contributed by atoms with E-state index in [1.54, 1.807) is 0 Å². The molecule has 1 amide bonds. The van der Waals surface area contributed by atoms with Crippen LogP contribution in [0, 0.1) is 5.92 Å². The molecule has 108 valence electrons. The minimum absolute atomic E-state index is 0.317. The second kappa shape index (κ2) is 7.28. The van der Waals surface area contributed by atoms with Gasteiger partial charge in [0.15, 0.2) is 0 Å². The molecule has 20 heavy (non-hydrogen) atoms. The molecule has 0 atom stereocenters. The molecule has 0 spiro atoms. The van der Waals surface area contributed by atoms with Gasteiger partial charge in [-0.2, -0.15) is 0 Å². The fourth-order valence-electron chi connectivity index (χ4n) is 2.29. The Morgan fingerprint density at radius 1 is 1.30 bits per heavy atom. The molecule has 1 saturated carbocycles. The summed E-state index contributed by atoms with van der Waals surface area (Å²) in [5.41, 5.74) is 2.48. The molecule has 1 aliphatic carbocycles. The second-order valence-corrected chi connectivity index (χ2v) is 5.67. The van der Waals surface area contributed by atoms with E-state index < -0.39 is 0 Å². The maximum atomic E-state index is 12.3. The van der Waals surface area contributed by atoms with Gasteiger partial charge in [0.2, 0.25) is 5.91 Å². The summed E-state index contributed by atoms with van der Waals surface area (Å²) in [6.45, 7) is 5.93. The summed E-state index contributed by atoms with van der Waals surface area (Å²) in [6.07, 6.45) is 6.59. The molecule has 2 nitrogen and oxygen atoms in total. The Balaban J connectivity index is 1.98. The zero-order chi connectivity index (χ0) is 14.4. The van der Waals surface area contributed by atoms with Crippen molar-refractivity contribution >= 4 is 11.5 Å². The molecule has 0 unspecified atom stereocenters. The summed E-state index contributed by atoms with van der Waals surface area (Å²) in [5, 5.41) is 0. The quantitative estimate of drug-likeness (QED) is 0.730. The molecule has 0 saturated heterocycles. The van der Waals surface area contributed by atoms with Crippen molar-refractivity contribution in [2.75, 3.05) is 13.1 Å². The third-order valence-corrected chi connectivity index (χ3v) is 3.87. The fourth-order valence-corrected chi connectivity index (χ4v) is 2.29. The van der Waals surface area contributed by atoms with Crippen LogP contribution in [-0.2, 0) is 4.79 Å². The van der Waals surface area contributed by atoms with Crippen molar-refractivity contribution in [3.8, 4) is 0 Å². The summed E-state index contributed by atoms with van der Waals surface area (Å²) < 4.78 is 0. The van der Waals surface area contributed by atoms with Gasteiger partial charge in [-0.1, -0.05) is 49.8 Å². The smallest absolute Gasteiger partial charge is 0.225 e. The number of rotatable bonds is 7. The Hall–Kier alpha value is -1.57. The van der Waals surface area contributed by atoms with Crippen molar-refractivity contribution in [3.05, 3.63) is 42.0 Å². The number of nitrogens with zero attached hydrogens (tertiary/aromatic N) is 1. The Morgan fingerprint density at radius 3 is 2.60 bits per heavy atom. The van der Waals surface area contributed by atoms with Gasteiger partial charge in [0.05, 0.1) is 0 Å². The van der Waals surface area contributed by atoms with Gasteiger partial charge in [-0.3, -0.25) is 4.79 Å². The van der Waals surface area contributed by atoms with Crippen LogP contribution in [0.1, 0.15) is 45.1 Å². The van der Waals surface area contributed by atoms with Crippen LogP contribution in [0.3, 0.4) is 0 Å². The lowest BCUT2D eigenvalue weighted by Gasteiger charge is -2.21. The molecule has 0 heterocycles. The van der Waals surface area contributed by atoms with E-state index in [9.17, 15) is 4.79 Å². The van der Waals surface area contributed by atoms with Crippen molar-refractivity contribution in [2.45, 2.75) is 39.5 Å². The average Bonchev–Trinajstić information content (AvgIpc) is 3.32. The van der Waals surface area contributed by atoms with Crippen LogP contribution < -0.4 is 0 Å². The number of carbonyl (C=O) groups is 1. The largest absolute Gasteiger partial charge is 0.339 e. The number of benzene rings is 1. The zero-order valence-electron chi connectivity index (χ0n) is 12.6. The molecule has 2 heteroatoms. The molecule has 1 aromatic carbocycles. The third-order valence-electron chi connectivity index (χ3n) is 3.87. The Bertz CT molecular complexity index is 460. The molecule has 1 aromatic rings. The van der Waals surface area contributed by atoms with Crippen molar-refractivity contribution in [2.24, 2.45) is 5.92 Å². The van der Waals surface area contributed by atoms with Crippen LogP contribution in [0.2, 0.25) is 0 Å². The molecule has 0 radical (unpaired) electrons. The van der Waals surface area contributed by atoms with Crippen LogP contribution in [-0.4, -0.2) is 23.9 Å². The standard InChI is InChI=1S/C18H25NO/c1-3-4-13-19(18(20)17-10-11-17)14-12-15(2)16-8-6-5-7-9-16/h5-9,12,17H,3-4,10-11,13-14H2,1-2H3/b15-12+. The maximum Gasteiger partial charge on any atom is 0.225 e. The van der Waals surface area contributed by atoms with Crippen LogP contribution in [0.5, 0.6) is 0 Å². The van der Waals surface area contributed by atoms with E-state index in [0.717, 1.165) is 38.8 Å². The van der Waals surface area contributed by atoms with Crippen LogP contribution in [0.25, 0.3) is 5.57 Å². The fraction of sp³-hybridized carbons (Fsp3) is 0.500. The van der Waals surface area contributed by atoms with Gasteiger partial charge >= 0.3 is 0 Å². The molecule has 2 rings (SSSR count). The summed E-state index contributed by atoms with van der Waals surface area (Å²) in [6, 6.07) is 10.4. The monoisotopic (exact) mass is 271 g/mol. The lowest BCUT2D eigenvalue weighted by Crippen LogP contribution is -2.33. The summed E-state index contributed by atoms with van der Waals surface area (Å²) >= 11 is 0. The molecule has 0 aromatic heterocycles. The van der Waals surface area contributed by atoms with Gasteiger partial charge < -0.3 is 4.90 Å². The van der Waals surface area contributed by atoms with Crippen LogP contribution >= 0.6 is 0 Å². The SMILES string of the molecule is CCCCN(C/C=C(\C)c1ccccc1)C(=O)C1CC1. The lowest BCUT2D eigenvalue weighted by molar-refractivity contribution is -0.132. The highest BCUT2D eigenvalue weighted by Gasteiger charge is 2.32. The van der Waals surface area contributed by atoms with Crippen molar-refractivity contribution < 1.29 is 4.79 Å². The number of carbonyl (C=O) groups excluding carboxylic acids is 1. The Labute approximate surface area is 122 Å². The molecule has 0 bridgehead atoms. The van der Waals surface area contributed by atoms with Gasteiger partial charge in [-0.15, -0.1) is 0 Å². The van der Waals surface area contributed by atoms with E-state index in [1.165, 1.54) is 11.1 Å². The maximum absolute atomic E-state index is 12.3. The highest BCUT2D eigenvalue weighted by atomic mass is 16.2. The minimum Gasteiger partial charge on any atom is -0.339 e. The second-order valence-electron chi connectivity index (χ2n) is 5.67. The molecule has 0 aliphatic heterocycles. The van der Waals surface area contributed by atoms with E-state index in [2.05, 4.69) is 44.2 Å². The number of allylic oxidation sites excluding steroid dienone is 1. The van der Waals surface area contributed by atoms with Gasteiger partial charge in [0.25, 0.3) is 0 Å². The summed E-state index contributed by atoms with van der Waals surface area (Å²) in [7, 11) is 0. The van der Waals surface area contributed by atoms with Crippen molar-refractivity contribution in [1.29, 1.82) is 0 Å². The van der Waals surface area contributed by atoms with Crippen LogP contribution in [0.15, 0.2) is 36.4 Å². The van der Waals surface area contributed by atoms with E-state index in [-0.39, 0.29) is 0 Å². The third kappa shape index (κ3) is 4.22.